The smallest absolute Gasteiger partial charge is 0.230 e. The Morgan fingerprint density at radius 3 is 2.79 bits per heavy atom. The van der Waals surface area contributed by atoms with Crippen LogP contribution in [0.25, 0.3) is 10.9 Å². The van der Waals surface area contributed by atoms with Gasteiger partial charge < -0.3 is 10.5 Å². The molecule has 3 aromatic rings. The zero-order valence-electron chi connectivity index (χ0n) is 10.5. The topological polar surface area (TPSA) is 61.0 Å². The molecule has 3 rings (SSSR count). The molecule has 0 aliphatic heterocycles. The minimum Gasteiger partial charge on any atom is -0.438 e. The first-order valence-electron chi connectivity index (χ1n) is 5.97. The van der Waals surface area contributed by atoms with E-state index in [-0.39, 0.29) is 0 Å². The van der Waals surface area contributed by atoms with Crippen molar-refractivity contribution in [1.82, 2.24) is 9.97 Å². The van der Waals surface area contributed by atoms with Crippen LogP contribution in [-0.2, 0) is 0 Å². The fourth-order valence-corrected chi connectivity index (χ4v) is 1.92. The van der Waals surface area contributed by atoms with Gasteiger partial charge in [-0.2, -0.15) is 0 Å². The molecule has 2 N–H and O–H groups in total. The number of aromatic nitrogens is 2. The van der Waals surface area contributed by atoms with Crippen molar-refractivity contribution < 1.29 is 4.74 Å². The van der Waals surface area contributed by atoms with Crippen LogP contribution in [0.15, 0.2) is 48.8 Å². The summed E-state index contributed by atoms with van der Waals surface area (Å²) in [5, 5.41) is 0.809. The number of nitrogens with two attached hydrogens (primary N) is 1. The molecule has 0 saturated heterocycles. The molecule has 0 atom stereocenters. The lowest BCUT2D eigenvalue weighted by Gasteiger charge is -2.08. The van der Waals surface area contributed by atoms with Crippen molar-refractivity contribution in [1.29, 1.82) is 0 Å². The first-order chi connectivity index (χ1) is 9.22. The van der Waals surface area contributed by atoms with E-state index in [1.807, 2.05) is 49.4 Å². The van der Waals surface area contributed by atoms with Crippen LogP contribution in [0.2, 0.25) is 0 Å². The zero-order valence-corrected chi connectivity index (χ0v) is 10.5. The third-order valence-corrected chi connectivity index (χ3v) is 2.83. The molecule has 1 aromatic heterocycles. The van der Waals surface area contributed by atoms with E-state index in [9.17, 15) is 0 Å². The molecule has 0 aliphatic rings. The highest BCUT2D eigenvalue weighted by Crippen LogP contribution is 2.28. The van der Waals surface area contributed by atoms with Gasteiger partial charge in [0.1, 0.15) is 12.1 Å². The van der Waals surface area contributed by atoms with E-state index in [2.05, 4.69) is 9.97 Å². The maximum atomic E-state index is 5.82. The standard InChI is InChI=1S/C15H13N3O/c1-10-3-2-4-12(7-10)19-15-13-8-11(16)5-6-14(13)17-9-18-15/h2-9H,16H2,1H3. The van der Waals surface area contributed by atoms with Crippen molar-refractivity contribution >= 4 is 16.6 Å². The van der Waals surface area contributed by atoms with Gasteiger partial charge >= 0.3 is 0 Å². The molecule has 94 valence electrons. The monoisotopic (exact) mass is 251 g/mol. The highest BCUT2D eigenvalue weighted by Gasteiger charge is 2.06. The van der Waals surface area contributed by atoms with E-state index in [1.165, 1.54) is 6.33 Å². The van der Waals surface area contributed by atoms with Gasteiger partial charge in [-0.1, -0.05) is 12.1 Å². The summed E-state index contributed by atoms with van der Waals surface area (Å²) in [6, 6.07) is 13.3. The van der Waals surface area contributed by atoms with E-state index in [1.54, 1.807) is 0 Å². The summed E-state index contributed by atoms with van der Waals surface area (Å²) >= 11 is 0. The van der Waals surface area contributed by atoms with Crippen LogP contribution >= 0.6 is 0 Å². The van der Waals surface area contributed by atoms with E-state index >= 15 is 0 Å². The van der Waals surface area contributed by atoms with Crippen molar-refractivity contribution in [3.05, 3.63) is 54.4 Å². The minimum absolute atomic E-state index is 0.517. The Kier molecular flexibility index (Phi) is 2.76. The van der Waals surface area contributed by atoms with Crippen molar-refractivity contribution in [3.8, 4) is 11.6 Å². The Hall–Kier alpha value is -2.62. The summed E-state index contributed by atoms with van der Waals surface area (Å²) in [5.41, 5.74) is 8.41. The maximum absolute atomic E-state index is 5.82. The van der Waals surface area contributed by atoms with E-state index in [4.69, 9.17) is 10.5 Å². The van der Waals surface area contributed by atoms with E-state index in [0.29, 0.717) is 11.6 Å². The number of anilines is 1. The van der Waals surface area contributed by atoms with Gasteiger partial charge in [-0.3, -0.25) is 0 Å². The summed E-state index contributed by atoms with van der Waals surface area (Å²) in [4.78, 5) is 8.38. The van der Waals surface area contributed by atoms with Gasteiger partial charge in [0.25, 0.3) is 0 Å². The Morgan fingerprint density at radius 1 is 1.05 bits per heavy atom. The summed E-state index contributed by atoms with van der Waals surface area (Å²) in [6.45, 7) is 2.02. The third-order valence-electron chi connectivity index (χ3n) is 2.83. The SMILES string of the molecule is Cc1cccc(Oc2ncnc3ccc(N)cc23)c1. The van der Waals surface area contributed by atoms with Gasteiger partial charge in [0.2, 0.25) is 5.88 Å². The van der Waals surface area contributed by atoms with Gasteiger partial charge in [-0.15, -0.1) is 0 Å². The number of hydrogen-bond donors (Lipinski definition) is 1. The number of benzene rings is 2. The fraction of sp³-hybridized carbons (Fsp3) is 0.0667. The molecule has 0 aliphatic carbocycles. The van der Waals surface area contributed by atoms with Gasteiger partial charge in [-0.25, -0.2) is 9.97 Å². The minimum atomic E-state index is 0.517. The normalized spacial score (nSPS) is 10.6. The highest BCUT2D eigenvalue weighted by atomic mass is 16.5. The summed E-state index contributed by atoms with van der Waals surface area (Å²) in [7, 11) is 0. The molecular formula is C15H13N3O. The molecule has 0 unspecified atom stereocenters. The predicted octanol–water partition coefficient (Wildman–Crippen LogP) is 3.31. The number of nitrogens with zero attached hydrogens (tertiary/aromatic N) is 2. The van der Waals surface area contributed by atoms with Gasteiger partial charge in [0.15, 0.2) is 0 Å². The first-order valence-corrected chi connectivity index (χ1v) is 5.97. The quantitative estimate of drug-likeness (QED) is 0.710. The fourth-order valence-electron chi connectivity index (χ4n) is 1.92. The number of hydrogen-bond acceptors (Lipinski definition) is 4. The zero-order chi connectivity index (χ0) is 13.2. The maximum Gasteiger partial charge on any atom is 0.230 e. The number of fused-ring (bicyclic) bond motifs is 1. The molecule has 0 bridgehead atoms. The molecule has 0 amide bonds. The third kappa shape index (κ3) is 2.33. The summed E-state index contributed by atoms with van der Waals surface area (Å²) in [6.07, 6.45) is 1.49. The average Bonchev–Trinajstić information content (AvgIpc) is 2.39. The molecule has 0 spiro atoms. The lowest BCUT2D eigenvalue weighted by atomic mass is 10.2. The second-order valence-electron chi connectivity index (χ2n) is 4.37. The van der Waals surface area contributed by atoms with Crippen molar-refractivity contribution in [3.63, 3.8) is 0 Å². The summed E-state index contributed by atoms with van der Waals surface area (Å²) < 4.78 is 5.82. The second kappa shape index (κ2) is 4.57. The van der Waals surface area contributed by atoms with Crippen LogP contribution in [0.1, 0.15) is 5.56 Å². The second-order valence-corrected chi connectivity index (χ2v) is 4.37. The molecular weight excluding hydrogens is 238 g/mol. The van der Waals surface area contributed by atoms with Crippen LogP contribution < -0.4 is 10.5 Å². The molecule has 0 fully saturated rings. The van der Waals surface area contributed by atoms with Crippen molar-refractivity contribution in [2.75, 3.05) is 5.73 Å². The number of nitrogen functional groups attached to an aromatic ring is 1. The summed E-state index contributed by atoms with van der Waals surface area (Å²) in [5.74, 6) is 1.27. The number of aryl methyl sites for hydroxylation is 1. The number of rotatable bonds is 2. The largest absolute Gasteiger partial charge is 0.438 e. The van der Waals surface area contributed by atoms with E-state index in [0.717, 1.165) is 22.2 Å². The van der Waals surface area contributed by atoms with Crippen molar-refractivity contribution in [2.45, 2.75) is 6.92 Å². The molecule has 4 nitrogen and oxygen atoms in total. The number of ether oxygens (including phenoxy) is 1. The van der Waals surface area contributed by atoms with Crippen LogP contribution in [0.3, 0.4) is 0 Å². The molecule has 2 aromatic carbocycles. The van der Waals surface area contributed by atoms with Crippen LogP contribution in [0, 0.1) is 6.92 Å². The lowest BCUT2D eigenvalue weighted by molar-refractivity contribution is 0.468. The van der Waals surface area contributed by atoms with Crippen LogP contribution in [0.4, 0.5) is 5.69 Å². The van der Waals surface area contributed by atoms with E-state index < -0.39 is 0 Å². The molecule has 0 radical (unpaired) electrons. The lowest BCUT2D eigenvalue weighted by Crippen LogP contribution is -1.93. The highest BCUT2D eigenvalue weighted by molar-refractivity contribution is 5.86. The van der Waals surface area contributed by atoms with Crippen LogP contribution in [-0.4, -0.2) is 9.97 Å². The molecule has 0 saturated carbocycles. The molecule has 4 heteroatoms. The Bertz CT molecular complexity index is 740. The van der Waals surface area contributed by atoms with Crippen molar-refractivity contribution in [2.24, 2.45) is 0 Å². The van der Waals surface area contributed by atoms with Gasteiger partial charge in [0, 0.05) is 5.69 Å². The molecule has 1 heterocycles. The predicted molar refractivity (Wildman–Crippen MR) is 75.2 cm³/mol. The van der Waals surface area contributed by atoms with Gasteiger partial charge in [-0.05, 0) is 42.8 Å². The first kappa shape index (κ1) is 11.5. The molecule has 19 heavy (non-hydrogen) atoms. The Labute approximate surface area is 110 Å². The average molecular weight is 251 g/mol. The Balaban J connectivity index is 2.07. The van der Waals surface area contributed by atoms with Crippen LogP contribution in [0.5, 0.6) is 11.6 Å². The Morgan fingerprint density at radius 2 is 1.95 bits per heavy atom. The van der Waals surface area contributed by atoms with Gasteiger partial charge in [0.05, 0.1) is 10.9 Å².